The third kappa shape index (κ3) is 2.39. The minimum absolute atomic E-state index is 0.339. The fraction of sp³-hybridized carbons (Fsp3) is 0.583. The van der Waals surface area contributed by atoms with Crippen molar-refractivity contribution in [1.29, 1.82) is 0 Å². The number of nitrogens with zero attached hydrogens (tertiary/aromatic N) is 3. The molecule has 8 heteroatoms. The van der Waals surface area contributed by atoms with Gasteiger partial charge < -0.3 is 15.0 Å². The molecule has 20 heavy (non-hydrogen) atoms. The highest BCUT2D eigenvalue weighted by Crippen LogP contribution is 2.11. The summed E-state index contributed by atoms with van der Waals surface area (Å²) in [5, 5.41) is 0. The SMILES string of the molecule is CCn1c(CCN)nc2c1c(=O)[nH]c(=O)n2CCOC. The number of rotatable bonds is 6. The first kappa shape index (κ1) is 14.5. The summed E-state index contributed by atoms with van der Waals surface area (Å²) in [5.41, 5.74) is 5.47. The van der Waals surface area contributed by atoms with Crippen molar-refractivity contribution in [2.24, 2.45) is 5.73 Å². The number of fused-ring (bicyclic) bond motifs is 1. The lowest BCUT2D eigenvalue weighted by Crippen LogP contribution is -2.32. The first-order valence-electron chi connectivity index (χ1n) is 6.55. The quantitative estimate of drug-likeness (QED) is 0.710. The van der Waals surface area contributed by atoms with Crippen molar-refractivity contribution in [2.45, 2.75) is 26.4 Å². The van der Waals surface area contributed by atoms with Crippen molar-refractivity contribution in [3.8, 4) is 0 Å². The van der Waals surface area contributed by atoms with Gasteiger partial charge in [-0.25, -0.2) is 9.78 Å². The Morgan fingerprint density at radius 3 is 2.70 bits per heavy atom. The summed E-state index contributed by atoms with van der Waals surface area (Å²) in [5.74, 6) is 0.715. The number of H-pyrrole nitrogens is 1. The van der Waals surface area contributed by atoms with Gasteiger partial charge in [0.1, 0.15) is 5.82 Å². The molecule has 2 rings (SSSR count). The second kappa shape index (κ2) is 6.02. The molecule has 2 heterocycles. The summed E-state index contributed by atoms with van der Waals surface area (Å²) >= 11 is 0. The normalized spacial score (nSPS) is 11.3. The van der Waals surface area contributed by atoms with Gasteiger partial charge in [0.2, 0.25) is 0 Å². The van der Waals surface area contributed by atoms with E-state index in [1.54, 1.807) is 11.7 Å². The summed E-state index contributed by atoms with van der Waals surface area (Å²) in [7, 11) is 1.55. The third-order valence-electron chi connectivity index (χ3n) is 3.17. The van der Waals surface area contributed by atoms with E-state index in [1.165, 1.54) is 4.57 Å². The molecule has 0 saturated carbocycles. The summed E-state index contributed by atoms with van der Waals surface area (Å²) in [6.07, 6.45) is 0.556. The van der Waals surface area contributed by atoms with Crippen LogP contribution in [0.4, 0.5) is 0 Å². The topological polar surface area (TPSA) is 108 Å². The van der Waals surface area contributed by atoms with Crippen molar-refractivity contribution >= 4 is 11.2 Å². The van der Waals surface area contributed by atoms with Crippen LogP contribution in [0.2, 0.25) is 0 Å². The number of methoxy groups -OCH3 is 1. The number of ether oxygens (including phenoxy) is 1. The molecule has 0 aliphatic carbocycles. The molecular formula is C12H19N5O3. The van der Waals surface area contributed by atoms with E-state index in [4.69, 9.17) is 10.5 Å². The smallest absolute Gasteiger partial charge is 0.330 e. The molecule has 0 atom stereocenters. The number of aromatic amines is 1. The maximum absolute atomic E-state index is 12.0. The molecule has 0 radical (unpaired) electrons. The van der Waals surface area contributed by atoms with E-state index in [2.05, 4.69) is 9.97 Å². The van der Waals surface area contributed by atoms with Gasteiger partial charge in [0.25, 0.3) is 5.56 Å². The maximum Gasteiger partial charge on any atom is 0.330 e. The van der Waals surface area contributed by atoms with Gasteiger partial charge >= 0.3 is 5.69 Å². The lowest BCUT2D eigenvalue weighted by atomic mass is 10.4. The fourth-order valence-electron chi connectivity index (χ4n) is 2.27. The van der Waals surface area contributed by atoms with E-state index in [9.17, 15) is 9.59 Å². The van der Waals surface area contributed by atoms with Crippen LogP contribution in [-0.2, 0) is 24.2 Å². The molecule has 0 bridgehead atoms. The van der Waals surface area contributed by atoms with Gasteiger partial charge in [-0.05, 0) is 13.5 Å². The Bertz CT molecular complexity index is 712. The van der Waals surface area contributed by atoms with Gasteiger partial charge in [-0.3, -0.25) is 14.3 Å². The van der Waals surface area contributed by atoms with Crippen LogP contribution in [0.1, 0.15) is 12.7 Å². The van der Waals surface area contributed by atoms with E-state index in [0.717, 1.165) is 0 Å². The molecule has 8 nitrogen and oxygen atoms in total. The second-order valence-corrected chi connectivity index (χ2v) is 4.39. The molecule has 0 aromatic carbocycles. The van der Waals surface area contributed by atoms with E-state index < -0.39 is 11.2 Å². The van der Waals surface area contributed by atoms with Crippen LogP contribution in [0, 0.1) is 0 Å². The highest BCUT2D eigenvalue weighted by atomic mass is 16.5. The van der Waals surface area contributed by atoms with Gasteiger partial charge in [-0.2, -0.15) is 0 Å². The lowest BCUT2D eigenvalue weighted by Gasteiger charge is -2.06. The molecule has 0 fully saturated rings. The predicted molar refractivity (Wildman–Crippen MR) is 74.9 cm³/mol. The van der Waals surface area contributed by atoms with E-state index in [-0.39, 0.29) is 0 Å². The molecule has 0 aliphatic rings. The molecule has 3 N–H and O–H groups in total. The zero-order valence-corrected chi connectivity index (χ0v) is 11.7. The second-order valence-electron chi connectivity index (χ2n) is 4.39. The van der Waals surface area contributed by atoms with Crippen LogP contribution < -0.4 is 17.0 Å². The highest BCUT2D eigenvalue weighted by Gasteiger charge is 2.16. The Balaban J connectivity index is 2.74. The molecule has 0 unspecified atom stereocenters. The van der Waals surface area contributed by atoms with Crippen molar-refractivity contribution in [1.82, 2.24) is 19.1 Å². The van der Waals surface area contributed by atoms with Crippen LogP contribution in [0.15, 0.2) is 9.59 Å². The van der Waals surface area contributed by atoms with Crippen LogP contribution in [0.5, 0.6) is 0 Å². The first-order valence-corrected chi connectivity index (χ1v) is 6.55. The standard InChI is InChI=1S/C12H19N5O3/c1-3-16-8(4-5-13)14-10-9(16)11(18)15-12(19)17(10)6-7-20-2/h3-7,13H2,1-2H3,(H,15,18,19). The van der Waals surface area contributed by atoms with Gasteiger partial charge in [0, 0.05) is 20.1 Å². The van der Waals surface area contributed by atoms with Crippen molar-refractivity contribution in [3.05, 3.63) is 26.7 Å². The zero-order chi connectivity index (χ0) is 14.7. The molecule has 110 valence electrons. The van der Waals surface area contributed by atoms with Gasteiger partial charge in [0.15, 0.2) is 11.2 Å². The van der Waals surface area contributed by atoms with E-state index in [0.29, 0.717) is 49.7 Å². The number of hydrogen-bond donors (Lipinski definition) is 2. The average molecular weight is 281 g/mol. The Morgan fingerprint density at radius 1 is 1.35 bits per heavy atom. The Hall–Kier alpha value is -1.93. The highest BCUT2D eigenvalue weighted by molar-refractivity contribution is 5.71. The number of nitrogens with two attached hydrogens (primary N) is 1. The van der Waals surface area contributed by atoms with Gasteiger partial charge in [-0.15, -0.1) is 0 Å². The Morgan fingerprint density at radius 2 is 2.10 bits per heavy atom. The van der Waals surface area contributed by atoms with Crippen LogP contribution >= 0.6 is 0 Å². The molecule has 2 aromatic rings. The van der Waals surface area contributed by atoms with Crippen molar-refractivity contribution in [2.75, 3.05) is 20.3 Å². The van der Waals surface area contributed by atoms with E-state index in [1.807, 2.05) is 6.92 Å². The van der Waals surface area contributed by atoms with Crippen molar-refractivity contribution < 1.29 is 4.74 Å². The maximum atomic E-state index is 12.0. The largest absolute Gasteiger partial charge is 0.383 e. The van der Waals surface area contributed by atoms with Crippen molar-refractivity contribution in [3.63, 3.8) is 0 Å². The molecule has 0 saturated heterocycles. The number of hydrogen-bond acceptors (Lipinski definition) is 5. The monoisotopic (exact) mass is 281 g/mol. The summed E-state index contributed by atoms with van der Waals surface area (Å²) in [4.78, 5) is 30.7. The molecule has 0 spiro atoms. The van der Waals surface area contributed by atoms with E-state index >= 15 is 0 Å². The predicted octanol–water partition coefficient (Wildman–Crippen LogP) is -0.946. The van der Waals surface area contributed by atoms with Crippen LogP contribution in [-0.4, -0.2) is 39.4 Å². The first-order chi connectivity index (χ1) is 9.63. The zero-order valence-electron chi connectivity index (χ0n) is 11.7. The lowest BCUT2D eigenvalue weighted by molar-refractivity contribution is 0.187. The number of imidazole rings is 1. The fourth-order valence-corrected chi connectivity index (χ4v) is 2.27. The van der Waals surface area contributed by atoms with Gasteiger partial charge in [0.05, 0.1) is 13.2 Å². The number of nitrogens with one attached hydrogen (secondary N) is 1. The Labute approximate surface area is 115 Å². The van der Waals surface area contributed by atoms with Crippen LogP contribution in [0.25, 0.3) is 11.2 Å². The summed E-state index contributed by atoms with van der Waals surface area (Å²) in [6, 6.07) is 0. The van der Waals surface area contributed by atoms with Crippen LogP contribution in [0.3, 0.4) is 0 Å². The molecule has 0 aliphatic heterocycles. The van der Waals surface area contributed by atoms with Gasteiger partial charge in [-0.1, -0.05) is 0 Å². The minimum atomic E-state index is -0.473. The Kier molecular flexibility index (Phi) is 4.35. The number of aryl methyl sites for hydroxylation is 1. The third-order valence-corrected chi connectivity index (χ3v) is 3.17. The summed E-state index contributed by atoms with van der Waals surface area (Å²) < 4.78 is 8.20. The minimum Gasteiger partial charge on any atom is -0.383 e. The molecular weight excluding hydrogens is 262 g/mol. The molecule has 2 aromatic heterocycles. The molecule has 0 amide bonds. The summed E-state index contributed by atoms with van der Waals surface area (Å²) in [6.45, 7) is 3.66. The average Bonchev–Trinajstić information content (AvgIpc) is 2.77. The number of aromatic nitrogens is 4.